The second kappa shape index (κ2) is 4.87. The minimum absolute atomic E-state index is 0.457. The van der Waals surface area contributed by atoms with E-state index < -0.39 is 5.97 Å². The molecule has 1 aromatic carbocycles. The zero-order valence-corrected chi connectivity index (χ0v) is 6.84. The molecule has 0 N–H and O–H groups in total. The lowest BCUT2D eigenvalue weighted by atomic mass is 10.2. The van der Waals surface area contributed by atoms with Gasteiger partial charge in [0.1, 0.15) is 6.29 Å². The minimum Gasteiger partial charge on any atom is -0.431 e. The van der Waals surface area contributed by atoms with Crippen LogP contribution < -0.4 is 0 Å². The zero-order valence-electron chi connectivity index (χ0n) is 6.84. The highest BCUT2D eigenvalue weighted by atomic mass is 16.5. The summed E-state index contributed by atoms with van der Waals surface area (Å²) < 4.78 is 4.62. The lowest BCUT2D eigenvalue weighted by Gasteiger charge is -1.96. The SMILES string of the molecule is O=CC=COC(=O)c1ccccc1. The van der Waals surface area contributed by atoms with Gasteiger partial charge in [0.25, 0.3) is 0 Å². The van der Waals surface area contributed by atoms with Gasteiger partial charge in [-0.1, -0.05) is 18.2 Å². The molecular formula is C10H8O3. The lowest BCUT2D eigenvalue weighted by Crippen LogP contribution is -1.99. The minimum atomic E-state index is -0.473. The summed E-state index contributed by atoms with van der Waals surface area (Å²) in [5.41, 5.74) is 0.457. The normalized spacial score (nSPS) is 9.85. The summed E-state index contributed by atoms with van der Waals surface area (Å²) in [5, 5.41) is 0. The van der Waals surface area contributed by atoms with Crippen LogP contribution in [-0.4, -0.2) is 12.3 Å². The van der Waals surface area contributed by atoms with Crippen molar-refractivity contribution in [1.29, 1.82) is 0 Å². The molecule has 3 nitrogen and oxygen atoms in total. The highest BCUT2D eigenvalue weighted by Gasteiger charge is 2.02. The molecule has 0 fully saturated rings. The van der Waals surface area contributed by atoms with Gasteiger partial charge in [-0.2, -0.15) is 0 Å². The first-order chi connectivity index (χ1) is 6.34. The molecule has 0 saturated carbocycles. The van der Waals surface area contributed by atoms with Gasteiger partial charge in [-0.3, -0.25) is 4.79 Å². The van der Waals surface area contributed by atoms with Crippen molar-refractivity contribution in [3.05, 3.63) is 48.2 Å². The van der Waals surface area contributed by atoms with Crippen LogP contribution in [0.1, 0.15) is 10.4 Å². The van der Waals surface area contributed by atoms with Gasteiger partial charge in [0.15, 0.2) is 0 Å². The molecule has 1 rings (SSSR count). The van der Waals surface area contributed by atoms with E-state index in [2.05, 4.69) is 4.74 Å². The van der Waals surface area contributed by atoms with E-state index in [9.17, 15) is 9.59 Å². The standard InChI is InChI=1S/C10H8O3/c11-7-4-8-13-10(12)9-5-2-1-3-6-9/h1-8H. The summed E-state index contributed by atoms with van der Waals surface area (Å²) in [7, 11) is 0. The van der Waals surface area contributed by atoms with Gasteiger partial charge < -0.3 is 4.74 Å². The third kappa shape index (κ3) is 2.91. The average Bonchev–Trinajstić information content (AvgIpc) is 2.19. The van der Waals surface area contributed by atoms with Crippen molar-refractivity contribution >= 4 is 12.3 Å². The fraction of sp³-hybridized carbons (Fsp3) is 0. The van der Waals surface area contributed by atoms with Crippen LogP contribution in [-0.2, 0) is 9.53 Å². The van der Waals surface area contributed by atoms with Crippen LogP contribution >= 0.6 is 0 Å². The number of benzene rings is 1. The van der Waals surface area contributed by atoms with E-state index in [0.29, 0.717) is 11.8 Å². The quantitative estimate of drug-likeness (QED) is 0.304. The number of allylic oxidation sites excluding steroid dienone is 1. The Balaban J connectivity index is 2.59. The number of rotatable bonds is 3. The topological polar surface area (TPSA) is 43.4 Å². The van der Waals surface area contributed by atoms with Crippen molar-refractivity contribution < 1.29 is 14.3 Å². The van der Waals surface area contributed by atoms with E-state index in [1.165, 1.54) is 0 Å². The number of carbonyl (C=O) groups is 2. The van der Waals surface area contributed by atoms with E-state index >= 15 is 0 Å². The largest absolute Gasteiger partial charge is 0.431 e. The number of carbonyl (C=O) groups excluding carboxylic acids is 2. The van der Waals surface area contributed by atoms with Crippen LogP contribution in [0.25, 0.3) is 0 Å². The molecule has 0 aliphatic heterocycles. The summed E-state index contributed by atoms with van der Waals surface area (Å²) in [6.07, 6.45) is 2.71. The molecule has 0 aliphatic rings. The van der Waals surface area contributed by atoms with Crippen LogP contribution in [0.5, 0.6) is 0 Å². The van der Waals surface area contributed by atoms with Crippen molar-refractivity contribution in [2.75, 3.05) is 0 Å². The zero-order chi connectivity index (χ0) is 9.52. The van der Waals surface area contributed by atoms with Crippen molar-refractivity contribution in [2.45, 2.75) is 0 Å². The highest BCUT2D eigenvalue weighted by Crippen LogP contribution is 2.00. The first-order valence-electron chi connectivity index (χ1n) is 3.71. The van der Waals surface area contributed by atoms with Gasteiger partial charge in [-0.15, -0.1) is 0 Å². The monoisotopic (exact) mass is 176 g/mol. The molecule has 13 heavy (non-hydrogen) atoms. The maximum Gasteiger partial charge on any atom is 0.342 e. The van der Waals surface area contributed by atoms with Gasteiger partial charge in [0.05, 0.1) is 11.8 Å². The predicted molar refractivity (Wildman–Crippen MR) is 47.1 cm³/mol. The molecule has 0 aliphatic carbocycles. The molecule has 0 spiro atoms. The summed E-state index contributed by atoms with van der Waals surface area (Å²) in [5.74, 6) is -0.473. The van der Waals surface area contributed by atoms with E-state index in [1.54, 1.807) is 30.3 Å². The number of esters is 1. The molecule has 0 amide bonds. The van der Waals surface area contributed by atoms with E-state index in [-0.39, 0.29) is 0 Å². The van der Waals surface area contributed by atoms with Gasteiger partial charge in [-0.05, 0) is 12.1 Å². The number of hydrogen-bond acceptors (Lipinski definition) is 3. The van der Waals surface area contributed by atoms with E-state index in [0.717, 1.165) is 12.3 Å². The number of ether oxygens (including phenoxy) is 1. The predicted octanol–water partition coefficient (Wildman–Crippen LogP) is 1.56. The molecule has 0 radical (unpaired) electrons. The molecular weight excluding hydrogens is 168 g/mol. The van der Waals surface area contributed by atoms with E-state index in [4.69, 9.17) is 0 Å². The molecule has 3 heteroatoms. The number of aldehydes is 1. The first-order valence-corrected chi connectivity index (χ1v) is 3.71. The fourth-order valence-corrected chi connectivity index (χ4v) is 0.775. The van der Waals surface area contributed by atoms with Crippen molar-refractivity contribution in [1.82, 2.24) is 0 Å². The molecule has 0 unspecified atom stereocenters. The van der Waals surface area contributed by atoms with Crippen molar-refractivity contribution in [2.24, 2.45) is 0 Å². The van der Waals surface area contributed by atoms with Crippen LogP contribution in [0, 0.1) is 0 Å². The molecule has 1 aromatic rings. The fourth-order valence-electron chi connectivity index (χ4n) is 0.775. The Kier molecular flexibility index (Phi) is 3.45. The van der Waals surface area contributed by atoms with Crippen molar-refractivity contribution in [3.8, 4) is 0 Å². The Morgan fingerprint density at radius 3 is 2.54 bits per heavy atom. The highest BCUT2D eigenvalue weighted by molar-refractivity contribution is 5.89. The van der Waals surface area contributed by atoms with Crippen molar-refractivity contribution in [3.63, 3.8) is 0 Å². The third-order valence-corrected chi connectivity index (χ3v) is 1.34. The third-order valence-electron chi connectivity index (χ3n) is 1.34. The Hall–Kier alpha value is -1.90. The van der Waals surface area contributed by atoms with Gasteiger partial charge in [0.2, 0.25) is 0 Å². The van der Waals surface area contributed by atoms with Crippen LogP contribution in [0.4, 0.5) is 0 Å². The molecule has 0 heterocycles. The lowest BCUT2D eigenvalue weighted by molar-refractivity contribution is -0.104. The Labute approximate surface area is 75.6 Å². The summed E-state index contributed by atoms with van der Waals surface area (Å²) in [6.45, 7) is 0. The first kappa shape index (κ1) is 9.19. The second-order valence-electron chi connectivity index (χ2n) is 2.24. The van der Waals surface area contributed by atoms with Gasteiger partial charge in [0, 0.05) is 6.08 Å². The summed E-state index contributed by atoms with van der Waals surface area (Å²) in [4.78, 5) is 21.0. The van der Waals surface area contributed by atoms with Gasteiger partial charge >= 0.3 is 5.97 Å². The summed E-state index contributed by atoms with van der Waals surface area (Å²) >= 11 is 0. The van der Waals surface area contributed by atoms with Crippen LogP contribution in [0.2, 0.25) is 0 Å². The van der Waals surface area contributed by atoms with Crippen LogP contribution in [0.15, 0.2) is 42.7 Å². The Bertz CT molecular complexity index is 314. The summed E-state index contributed by atoms with van der Waals surface area (Å²) in [6, 6.07) is 8.55. The molecule has 0 saturated heterocycles. The Morgan fingerprint density at radius 2 is 1.92 bits per heavy atom. The smallest absolute Gasteiger partial charge is 0.342 e. The molecule has 0 bridgehead atoms. The maximum atomic E-state index is 11.1. The maximum absolute atomic E-state index is 11.1. The molecule has 66 valence electrons. The van der Waals surface area contributed by atoms with Crippen LogP contribution in [0.3, 0.4) is 0 Å². The molecule has 0 aromatic heterocycles. The Morgan fingerprint density at radius 1 is 1.23 bits per heavy atom. The average molecular weight is 176 g/mol. The molecule has 0 atom stereocenters. The second-order valence-corrected chi connectivity index (χ2v) is 2.24. The number of hydrogen-bond donors (Lipinski definition) is 0. The van der Waals surface area contributed by atoms with Gasteiger partial charge in [-0.25, -0.2) is 4.79 Å². The van der Waals surface area contributed by atoms with E-state index in [1.807, 2.05) is 0 Å².